The Hall–Kier alpha value is -2.31. The number of rotatable bonds is 6. The highest BCUT2D eigenvalue weighted by Crippen LogP contribution is 2.17. The average Bonchev–Trinajstić information content (AvgIpc) is 3.04. The Morgan fingerprint density at radius 3 is 2.95 bits per heavy atom. The van der Waals surface area contributed by atoms with Crippen LogP contribution in [-0.2, 0) is 17.8 Å². The van der Waals surface area contributed by atoms with E-state index in [0.717, 1.165) is 13.0 Å². The molecular formula is C13H19N5O2. The summed E-state index contributed by atoms with van der Waals surface area (Å²) >= 11 is 0. The van der Waals surface area contributed by atoms with E-state index in [-0.39, 0.29) is 0 Å². The summed E-state index contributed by atoms with van der Waals surface area (Å²) in [5.41, 5.74) is 7.25. The van der Waals surface area contributed by atoms with E-state index < -0.39 is 5.97 Å². The molecule has 0 saturated heterocycles. The molecule has 0 saturated carbocycles. The number of aromatic nitrogens is 4. The summed E-state index contributed by atoms with van der Waals surface area (Å²) in [5, 5.41) is 4.20. The third-order valence-electron chi connectivity index (χ3n) is 3.02. The number of anilines is 1. The Kier molecular flexibility index (Phi) is 4.39. The van der Waals surface area contributed by atoms with Crippen molar-refractivity contribution < 1.29 is 9.53 Å². The van der Waals surface area contributed by atoms with Crippen LogP contribution in [0.1, 0.15) is 29.5 Å². The monoisotopic (exact) mass is 277 g/mol. The van der Waals surface area contributed by atoms with Crippen LogP contribution >= 0.6 is 0 Å². The molecule has 0 amide bonds. The molecule has 0 aliphatic rings. The van der Waals surface area contributed by atoms with E-state index in [1.807, 2.05) is 17.7 Å². The van der Waals surface area contributed by atoms with Crippen LogP contribution in [0.15, 0.2) is 18.7 Å². The number of nitrogens with zero attached hydrogens (tertiary/aromatic N) is 4. The molecule has 0 spiro atoms. The number of esters is 1. The maximum absolute atomic E-state index is 12.0. The number of aryl methyl sites for hydroxylation is 3. The van der Waals surface area contributed by atoms with Gasteiger partial charge in [0.05, 0.1) is 24.3 Å². The van der Waals surface area contributed by atoms with E-state index in [4.69, 9.17) is 10.5 Å². The lowest BCUT2D eigenvalue weighted by Gasteiger charge is -2.07. The second-order valence-corrected chi connectivity index (χ2v) is 4.45. The van der Waals surface area contributed by atoms with Gasteiger partial charge < -0.3 is 15.0 Å². The highest BCUT2D eigenvalue weighted by Gasteiger charge is 2.20. The third kappa shape index (κ3) is 2.98. The van der Waals surface area contributed by atoms with Crippen LogP contribution in [0.2, 0.25) is 0 Å². The number of carbonyl (C=O) groups excluding carboxylic acids is 1. The lowest BCUT2D eigenvalue weighted by Crippen LogP contribution is -2.15. The van der Waals surface area contributed by atoms with Crippen molar-refractivity contribution in [2.45, 2.75) is 33.4 Å². The standard InChI is InChI=1S/C13H19N5O2/c1-3-18-12(11(14)10(2)16-18)13(19)20-8-4-6-17-7-5-15-9-17/h5,7,9H,3-4,6,8,14H2,1-2H3. The lowest BCUT2D eigenvalue weighted by molar-refractivity contribution is 0.0483. The third-order valence-corrected chi connectivity index (χ3v) is 3.02. The Balaban J connectivity index is 1.88. The summed E-state index contributed by atoms with van der Waals surface area (Å²) in [5.74, 6) is -0.421. The van der Waals surface area contributed by atoms with Gasteiger partial charge in [0, 0.05) is 25.5 Å². The van der Waals surface area contributed by atoms with Crippen molar-refractivity contribution in [2.24, 2.45) is 0 Å². The first kappa shape index (κ1) is 14.1. The number of nitrogens with two attached hydrogens (primary N) is 1. The van der Waals surface area contributed by atoms with Crippen molar-refractivity contribution in [1.29, 1.82) is 0 Å². The SMILES string of the molecule is CCn1nc(C)c(N)c1C(=O)OCCCn1ccnc1. The summed E-state index contributed by atoms with van der Waals surface area (Å²) in [6.07, 6.45) is 6.04. The van der Waals surface area contributed by atoms with Crippen molar-refractivity contribution in [3.05, 3.63) is 30.1 Å². The molecule has 2 heterocycles. The smallest absolute Gasteiger partial charge is 0.358 e. The number of hydrogen-bond acceptors (Lipinski definition) is 5. The second kappa shape index (κ2) is 6.23. The number of ether oxygens (including phenoxy) is 1. The van der Waals surface area contributed by atoms with Crippen molar-refractivity contribution in [1.82, 2.24) is 19.3 Å². The Bertz CT molecular complexity index is 574. The molecule has 0 fully saturated rings. The van der Waals surface area contributed by atoms with Crippen molar-refractivity contribution >= 4 is 11.7 Å². The zero-order chi connectivity index (χ0) is 14.5. The molecule has 2 aromatic heterocycles. The number of nitrogen functional groups attached to an aromatic ring is 1. The molecule has 0 aliphatic heterocycles. The molecule has 0 unspecified atom stereocenters. The lowest BCUT2D eigenvalue weighted by atomic mass is 10.3. The molecule has 2 rings (SSSR count). The van der Waals surface area contributed by atoms with Gasteiger partial charge in [-0.05, 0) is 20.3 Å². The zero-order valence-corrected chi connectivity index (χ0v) is 11.7. The van der Waals surface area contributed by atoms with Crippen LogP contribution in [0.3, 0.4) is 0 Å². The molecular weight excluding hydrogens is 258 g/mol. The molecule has 0 aromatic carbocycles. The first-order chi connectivity index (χ1) is 9.63. The predicted molar refractivity (Wildman–Crippen MR) is 74.2 cm³/mol. The zero-order valence-electron chi connectivity index (χ0n) is 11.7. The van der Waals surface area contributed by atoms with E-state index in [0.29, 0.717) is 30.2 Å². The summed E-state index contributed by atoms with van der Waals surface area (Å²) in [4.78, 5) is 16.0. The summed E-state index contributed by atoms with van der Waals surface area (Å²) in [7, 11) is 0. The fourth-order valence-electron chi connectivity index (χ4n) is 1.94. The fraction of sp³-hybridized carbons (Fsp3) is 0.462. The number of carbonyl (C=O) groups is 1. The molecule has 0 aliphatic carbocycles. The Morgan fingerprint density at radius 2 is 2.30 bits per heavy atom. The van der Waals surface area contributed by atoms with Gasteiger partial charge in [0.15, 0.2) is 5.69 Å². The van der Waals surface area contributed by atoms with E-state index >= 15 is 0 Å². The normalized spacial score (nSPS) is 10.7. The first-order valence-electron chi connectivity index (χ1n) is 6.59. The quantitative estimate of drug-likeness (QED) is 0.634. The van der Waals surface area contributed by atoms with Gasteiger partial charge in [0.25, 0.3) is 0 Å². The maximum atomic E-state index is 12.0. The van der Waals surface area contributed by atoms with Gasteiger partial charge in [-0.3, -0.25) is 4.68 Å². The highest BCUT2D eigenvalue weighted by atomic mass is 16.5. The molecule has 0 atom stereocenters. The Labute approximate surface area is 117 Å². The number of hydrogen-bond donors (Lipinski definition) is 1. The minimum absolute atomic E-state index is 0.338. The fourth-order valence-corrected chi connectivity index (χ4v) is 1.94. The van der Waals surface area contributed by atoms with Gasteiger partial charge >= 0.3 is 5.97 Å². The maximum Gasteiger partial charge on any atom is 0.358 e. The van der Waals surface area contributed by atoms with Crippen LogP contribution in [0, 0.1) is 6.92 Å². The van der Waals surface area contributed by atoms with Gasteiger partial charge in [-0.15, -0.1) is 0 Å². The molecule has 0 radical (unpaired) electrons. The average molecular weight is 277 g/mol. The van der Waals surface area contributed by atoms with Crippen LogP contribution < -0.4 is 5.73 Å². The van der Waals surface area contributed by atoms with E-state index in [1.165, 1.54) is 0 Å². The van der Waals surface area contributed by atoms with Crippen molar-refractivity contribution in [3.63, 3.8) is 0 Å². The molecule has 2 N–H and O–H groups in total. The summed E-state index contributed by atoms with van der Waals surface area (Å²) in [6.45, 7) is 5.36. The van der Waals surface area contributed by atoms with Crippen LogP contribution in [0.4, 0.5) is 5.69 Å². The molecule has 20 heavy (non-hydrogen) atoms. The predicted octanol–water partition coefficient (Wildman–Crippen LogP) is 1.24. The molecule has 108 valence electrons. The Morgan fingerprint density at radius 1 is 1.50 bits per heavy atom. The highest BCUT2D eigenvalue weighted by molar-refractivity contribution is 5.93. The molecule has 0 bridgehead atoms. The van der Waals surface area contributed by atoms with Crippen molar-refractivity contribution in [2.75, 3.05) is 12.3 Å². The largest absolute Gasteiger partial charge is 0.461 e. The molecule has 7 heteroatoms. The van der Waals surface area contributed by atoms with Crippen LogP contribution in [0.25, 0.3) is 0 Å². The summed E-state index contributed by atoms with van der Waals surface area (Å²) in [6, 6.07) is 0. The van der Waals surface area contributed by atoms with Gasteiger partial charge in [-0.25, -0.2) is 9.78 Å². The molecule has 2 aromatic rings. The number of imidazole rings is 1. The van der Waals surface area contributed by atoms with E-state index in [2.05, 4.69) is 10.1 Å². The molecule has 7 nitrogen and oxygen atoms in total. The van der Waals surface area contributed by atoms with Crippen LogP contribution in [-0.4, -0.2) is 31.9 Å². The van der Waals surface area contributed by atoms with Gasteiger partial charge in [0.2, 0.25) is 0 Å². The van der Waals surface area contributed by atoms with Gasteiger partial charge in [-0.2, -0.15) is 5.10 Å². The minimum atomic E-state index is -0.421. The van der Waals surface area contributed by atoms with E-state index in [1.54, 1.807) is 24.1 Å². The minimum Gasteiger partial charge on any atom is -0.461 e. The topological polar surface area (TPSA) is 88.0 Å². The van der Waals surface area contributed by atoms with Gasteiger partial charge in [0.1, 0.15) is 0 Å². The first-order valence-corrected chi connectivity index (χ1v) is 6.59. The van der Waals surface area contributed by atoms with E-state index in [9.17, 15) is 4.79 Å². The van der Waals surface area contributed by atoms with Crippen LogP contribution in [0.5, 0.6) is 0 Å². The summed E-state index contributed by atoms with van der Waals surface area (Å²) < 4.78 is 8.75. The van der Waals surface area contributed by atoms with Gasteiger partial charge in [-0.1, -0.05) is 0 Å². The second-order valence-electron chi connectivity index (χ2n) is 4.45. The van der Waals surface area contributed by atoms with Crippen molar-refractivity contribution in [3.8, 4) is 0 Å².